The molecule has 188 valence electrons. The molecule has 0 spiro atoms. The van der Waals surface area contributed by atoms with E-state index in [0.29, 0.717) is 11.7 Å². The monoisotopic (exact) mass is 520 g/mol. The molecule has 0 amide bonds. The van der Waals surface area contributed by atoms with Crippen LogP contribution in [0.1, 0.15) is 5.89 Å². The topological polar surface area (TPSA) is 95.4 Å². The Labute approximate surface area is 216 Å². The van der Waals surface area contributed by atoms with Crippen molar-refractivity contribution >= 4 is 41.3 Å². The fourth-order valence-corrected chi connectivity index (χ4v) is 3.96. The fraction of sp³-hybridized carbons (Fsp3) is 0.280. The number of nitrogens with zero attached hydrogens (tertiary/aromatic N) is 4. The summed E-state index contributed by atoms with van der Waals surface area (Å²) in [4.78, 5) is 9.27. The van der Waals surface area contributed by atoms with E-state index in [9.17, 15) is 0 Å². The quantitative estimate of drug-likeness (QED) is 0.374. The number of hydrogen-bond donors (Lipinski definition) is 0. The Kier molecular flexibility index (Phi) is 10.2. The molecule has 1 saturated heterocycles. The molecule has 8 nitrogen and oxygen atoms in total. The summed E-state index contributed by atoms with van der Waals surface area (Å²) in [5.74, 6) is 2.53. The van der Waals surface area contributed by atoms with Gasteiger partial charge in [-0.15, -0.1) is 24.8 Å². The van der Waals surface area contributed by atoms with Crippen LogP contribution in [0.2, 0.25) is 0 Å². The van der Waals surface area contributed by atoms with Gasteiger partial charge in [-0.3, -0.25) is 0 Å². The maximum absolute atomic E-state index is 6.00. The number of aromatic nitrogens is 2. The average molecular weight is 521 g/mol. The number of ether oxygens (including phenoxy) is 2. The third-order valence-corrected chi connectivity index (χ3v) is 5.85. The van der Waals surface area contributed by atoms with Gasteiger partial charge in [-0.1, -0.05) is 23.4 Å². The number of fused-ring (bicyclic) bond motifs is 1. The number of likely N-dealkylation sites (N-methyl/N-ethyl adjacent to an activating group) is 1. The molecule has 0 radical (unpaired) electrons. The Hall–Kier alpha value is -3.04. The van der Waals surface area contributed by atoms with Gasteiger partial charge in [0.25, 0.3) is 5.89 Å². The van der Waals surface area contributed by atoms with Crippen LogP contribution >= 0.6 is 24.8 Å². The first-order chi connectivity index (χ1) is 15.7. The van der Waals surface area contributed by atoms with Gasteiger partial charge in [-0.25, -0.2) is 0 Å². The van der Waals surface area contributed by atoms with Crippen LogP contribution in [0.4, 0.5) is 5.69 Å². The van der Waals surface area contributed by atoms with Gasteiger partial charge in [-0.05, 0) is 54.9 Å². The zero-order valence-electron chi connectivity index (χ0n) is 19.6. The highest BCUT2D eigenvalue weighted by Gasteiger charge is 2.17. The number of piperazine rings is 1. The number of rotatable bonds is 6. The molecule has 1 aliphatic rings. The highest BCUT2D eigenvalue weighted by molar-refractivity contribution is 5.95. The molecular formula is C25H30Cl2N4O4. The molecule has 1 aromatic heterocycles. The third-order valence-electron chi connectivity index (χ3n) is 5.85. The summed E-state index contributed by atoms with van der Waals surface area (Å²) in [7, 11) is 3.81. The average Bonchev–Trinajstić information content (AvgIpc) is 3.32. The van der Waals surface area contributed by atoms with E-state index in [4.69, 9.17) is 14.0 Å². The van der Waals surface area contributed by atoms with Crippen molar-refractivity contribution in [3.05, 3.63) is 66.6 Å². The van der Waals surface area contributed by atoms with Gasteiger partial charge in [0.2, 0.25) is 5.82 Å². The summed E-state index contributed by atoms with van der Waals surface area (Å²) in [5, 5.41) is 6.46. The molecule has 10 heteroatoms. The Bertz CT molecular complexity index is 1210. The molecule has 0 saturated carbocycles. The molecule has 1 fully saturated rings. The summed E-state index contributed by atoms with van der Waals surface area (Å²) in [6.45, 7) is 4.40. The minimum atomic E-state index is 0. The molecule has 3 aromatic carbocycles. The van der Waals surface area contributed by atoms with Crippen molar-refractivity contribution in [3.63, 3.8) is 0 Å². The van der Waals surface area contributed by atoms with Crippen molar-refractivity contribution in [3.8, 4) is 22.9 Å². The summed E-state index contributed by atoms with van der Waals surface area (Å²) < 4.78 is 16.6. The lowest BCUT2D eigenvalue weighted by Crippen LogP contribution is -2.44. The van der Waals surface area contributed by atoms with Gasteiger partial charge in [0.1, 0.15) is 11.5 Å². The molecule has 4 aromatic rings. The van der Waals surface area contributed by atoms with E-state index in [1.165, 1.54) is 16.5 Å². The van der Waals surface area contributed by atoms with Gasteiger partial charge in [-0.2, -0.15) is 4.98 Å². The maximum atomic E-state index is 6.00. The van der Waals surface area contributed by atoms with E-state index < -0.39 is 0 Å². The lowest BCUT2D eigenvalue weighted by molar-refractivity contribution is 0.243. The summed E-state index contributed by atoms with van der Waals surface area (Å²) in [6.07, 6.45) is 0. The Morgan fingerprint density at radius 2 is 1.63 bits per heavy atom. The van der Waals surface area contributed by atoms with Crippen molar-refractivity contribution < 1.29 is 19.5 Å². The first kappa shape index (κ1) is 28.2. The summed E-state index contributed by atoms with van der Waals surface area (Å²) in [6, 6.07) is 20.2. The molecular weight excluding hydrogens is 491 g/mol. The number of hydrogen-bond acceptors (Lipinski definition) is 7. The van der Waals surface area contributed by atoms with E-state index in [0.717, 1.165) is 43.2 Å². The Morgan fingerprint density at radius 3 is 2.34 bits per heavy atom. The van der Waals surface area contributed by atoms with Crippen LogP contribution in [0.25, 0.3) is 22.2 Å². The predicted molar refractivity (Wildman–Crippen MR) is 142 cm³/mol. The number of benzene rings is 3. The number of halogens is 2. The van der Waals surface area contributed by atoms with Gasteiger partial charge < -0.3 is 29.3 Å². The highest BCUT2D eigenvalue weighted by Crippen LogP contribution is 2.31. The number of anilines is 1. The smallest absolute Gasteiger partial charge is 0.264 e. The molecule has 0 unspecified atom stereocenters. The van der Waals surface area contributed by atoms with E-state index in [2.05, 4.69) is 57.3 Å². The predicted octanol–water partition coefficient (Wildman–Crippen LogP) is 4.25. The van der Waals surface area contributed by atoms with Crippen molar-refractivity contribution in [2.24, 2.45) is 0 Å². The Balaban J connectivity index is 0.00000144. The van der Waals surface area contributed by atoms with E-state index in [1.54, 1.807) is 7.11 Å². The van der Waals surface area contributed by atoms with Crippen molar-refractivity contribution in [1.29, 1.82) is 0 Å². The molecule has 2 N–H and O–H groups in total. The summed E-state index contributed by atoms with van der Waals surface area (Å²) >= 11 is 0. The van der Waals surface area contributed by atoms with Crippen molar-refractivity contribution in [2.75, 3.05) is 45.2 Å². The molecule has 0 atom stereocenters. The molecule has 0 bridgehead atoms. The SMILES string of the molecule is COc1ccc(-c2noc(COc3ccc4cccc(N5CCN(C)CC5)c4c3)n2)cc1.Cl.Cl.O. The van der Waals surface area contributed by atoms with Crippen LogP contribution in [0.5, 0.6) is 11.5 Å². The zero-order chi connectivity index (χ0) is 21.9. The maximum Gasteiger partial charge on any atom is 0.264 e. The van der Waals surface area contributed by atoms with E-state index in [1.807, 2.05) is 30.3 Å². The normalized spacial score (nSPS) is 13.4. The van der Waals surface area contributed by atoms with Gasteiger partial charge in [0.15, 0.2) is 6.61 Å². The molecule has 1 aliphatic heterocycles. The third kappa shape index (κ3) is 6.35. The lowest BCUT2D eigenvalue weighted by atomic mass is 10.1. The Morgan fingerprint density at radius 1 is 0.914 bits per heavy atom. The first-order valence-electron chi connectivity index (χ1n) is 10.8. The first-order valence-corrected chi connectivity index (χ1v) is 10.8. The minimum Gasteiger partial charge on any atom is -0.497 e. The molecule has 2 heterocycles. The van der Waals surface area contributed by atoms with Gasteiger partial charge in [0.05, 0.1) is 7.11 Å². The standard InChI is InChI=1S/C25H26N4O3.2ClH.H2O/c1-28-12-14-29(15-13-28)23-5-3-4-18-6-11-21(16-22(18)23)31-17-24-26-25(27-32-24)19-7-9-20(30-2)10-8-19;;;/h3-11,16H,12-15,17H2,1-2H3;2*1H;1H2. The van der Waals surface area contributed by atoms with Crippen LogP contribution in [-0.2, 0) is 6.61 Å². The van der Waals surface area contributed by atoms with E-state index >= 15 is 0 Å². The highest BCUT2D eigenvalue weighted by atomic mass is 35.5. The number of methoxy groups -OCH3 is 1. The minimum absolute atomic E-state index is 0. The van der Waals surface area contributed by atoms with E-state index in [-0.39, 0.29) is 36.9 Å². The summed E-state index contributed by atoms with van der Waals surface area (Å²) in [5.41, 5.74) is 2.11. The second-order valence-corrected chi connectivity index (χ2v) is 7.98. The van der Waals surface area contributed by atoms with Crippen LogP contribution < -0.4 is 14.4 Å². The van der Waals surface area contributed by atoms with Crippen LogP contribution in [0, 0.1) is 0 Å². The van der Waals surface area contributed by atoms with Crippen molar-refractivity contribution in [2.45, 2.75) is 6.61 Å². The van der Waals surface area contributed by atoms with Crippen LogP contribution in [0.15, 0.2) is 65.2 Å². The molecule has 0 aliphatic carbocycles. The largest absolute Gasteiger partial charge is 0.497 e. The molecule has 35 heavy (non-hydrogen) atoms. The second-order valence-electron chi connectivity index (χ2n) is 7.98. The van der Waals surface area contributed by atoms with Crippen molar-refractivity contribution in [1.82, 2.24) is 15.0 Å². The fourth-order valence-electron chi connectivity index (χ4n) is 3.96. The zero-order valence-corrected chi connectivity index (χ0v) is 21.3. The van der Waals surface area contributed by atoms with Crippen LogP contribution in [0.3, 0.4) is 0 Å². The van der Waals surface area contributed by atoms with Gasteiger partial charge >= 0.3 is 0 Å². The lowest BCUT2D eigenvalue weighted by Gasteiger charge is -2.34. The van der Waals surface area contributed by atoms with Gasteiger partial charge in [0, 0.05) is 42.8 Å². The molecule has 5 rings (SSSR count). The van der Waals surface area contributed by atoms with Crippen LogP contribution in [-0.4, -0.2) is 60.9 Å². The second kappa shape index (κ2) is 12.6.